The number of nitrogen functional groups attached to an aromatic ring is 1. The first-order valence-corrected chi connectivity index (χ1v) is 8.76. The number of pyridine rings is 1. The number of aromatic amines is 1. The second-order valence-electron chi connectivity index (χ2n) is 6.16. The van der Waals surface area contributed by atoms with Crippen LogP contribution in [0.4, 0.5) is 10.2 Å². The van der Waals surface area contributed by atoms with Crippen molar-refractivity contribution < 1.29 is 28.9 Å². The molecule has 1 heterocycles. The van der Waals surface area contributed by atoms with E-state index in [1.54, 1.807) is 6.07 Å². The zero-order valence-corrected chi connectivity index (χ0v) is 15.9. The standard InChI is InChI=1S/C20H14ClFN2O6/c21-13-7-11(22)5-4-10(13)8-30-12-3-1-2-9(6-12)14-15(19(26)27)17(23)24-18(25)16(14)20(28)29/h1-7H,8H2,(H,26,27)(H,28,29)(H3,23,24,25). The Morgan fingerprint density at radius 3 is 2.43 bits per heavy atom. The number of hydrogen-bond acceptors (Lipinski definition) is 5. The molecular weight excluding hydrogens is 419 g/mol. The zero-order chi connectivity index (χ0) is 22.0. The summed E-state index contributed by atoms with van der Waals surface area (Å²) in [5, 5.41) is 19.1. The van der Waals surface area contributed by atoms with Crippen LogP contribution in [0.3, 0.4) is 0 Å². The van der Waals surface area contributed by atoms with E-state index in [1.807, 2.05) is 4.98 Å². The number of nitrogens with one attached hydrogen (secondary N) is 1. The molecule has 0 aliphatic carbocycles. The Hall–Kier alpha value is -3.85. The van der Waals surface area contributed by atoms with Gasteiger partial charge in [0.1, 0.15) is 35.1 Å². The topological polar surface area (TPSA) is 143 Å². The second kappa shape index (κ2) is 8.26. The van der Waals surface area contributed by atoms with Gasteiger partial charge in [-0.05, 0) is 29.8 Å². The predicted molar refractivity (Wildman–Crippen MR) is 107 cm³/mol. The van der Waals surface area contributed by atoms with Gasteiger partial charge in [0, 0.05) is 11.1 Å². The molecule has 0 bridgehead atoms. The Morgan fingerprint density at radius 1 is 1.10 bits per heavy atom. The van der Waals surface area contributed by atoms with Crippen LogP contribution in [0.15, 0.2) is 47.3 Å². The quantitative estimate of drug-likeness (QED) is 0.467. The average molecular weight is 433 g/mol. The molecule has 0 spiro atoms. The molecule has 1 aromatic heterocycles. The third kappa shape index (κ3) is 4.11. The highest BCUT2D eigenvalue weighted by Crippen LogP contribution is 2.31. The Balaban J connectivity index is 2.06. The zero-order valence-electron chi connectivity index (χ0n) is 15.1. The van der Waals surface area contributed by atoms with Gasteiger partial charge in [-0.3, -0.25) is 4.79 Å². The number of rotatable bonds is 6. The van der Waals surface area contributed by atoms with E-state index in [0.29, 0.717) is 5.56 Å². The number of ether oxygens (including phenoxy) is 1. The van der Waals surface area contributed by atoms with E-state index in [-0.39, 0.29) is 28.5 Å². The maximum atomic E-state index is 13.2. The maximum absolute atomic E-state index is 13.2. The summed E-state index contributed by atoms with van der Waals surface area (Å²) in [7, 11) is 0. The molecule has 5 N–H and O–H groups in total. The second-order valence-corrected chi connectivity index (χ2v) is 6.56. The van der Waals surface area contributed by atoms with E-state index in [9.17, 15) is 29.0 Å². The number of H-pyrrole nitrogens is 1. The van der Waals surface area contributed by atoms with Gasteiger partial charge in [-0.2, -0.15) is 0 Å². The van der Waals surface area contributed by atoms with Gasteiger partial charge in [-0.15, -0.1) is 0 Å². The number of carboxylic acid groups (broad SMARTS) is 2. The van der Waals surface area contributed by atoms with Crippen LogP contribution in [-0.4, -0.2) is 27.1 Å². The van der Waals surface area contributed by atoms with E-state index in [4.69, 9.17) is 22.1 Å². The molecule has 8 nitrogen and oxygen atoms in total. The Kier molecular flexibility index (Phi) is 5.74. The van der Waals surface area contributed by atoms with Crippen LogP contribution in [0.1, 0.15) is 26.3 Å². The van der Waals surface area contributed by atoms with E-state index in [2.05, 4.69) is 0 Å². The Labute approximate surface area is 173 Å². The monoisotopic (exact) mass is 432 g/mol. The van der Waals surface area contributed by atoms with Crippen LogP contribution in [-0.2, 0) is 6.61 Å². The number of aromatic nitrogens is 1. The van der Waals surface area contributed by atoms with Gasteiger partial charge in [0.15, 0.2) is 0 Å². The molecule has 3 aromatic rings. The molecule has 30 heavy (non-hydrogen) atoms. The molecule has 2 aromatic carbocycles. The predicted octanol–water partition coefficient (Wildman–Crippen LogP) is 3.39. The highest BCUT2D eigenvalue weighted by Gasteiger charge is 2.26. The lowest BCUT2D eigenvalue weighted by atomic mass is 9.95. The maximum Gasteiger partial charge on any atom is 0.342 e. The summed E-state index contributed by atoms with van der Waals surface area (Å²) in [4.78, 5) is 37.5. The largest absolute Gasteiger partial charge is 0.489 e. The van der Waals surface area contributed by atoms with E-state index >= 15 is 0 Å². The lowest BCUT2D eigenvalue weighted by Gasteiger charge is -2.14. The van der Waals surface area contributed by atoms with Gasteiger partial charge in [-0.1, -0.05) is 29.8 Å². The molecule has 0 aliphatic heterocycles. The molecule has 0 atom stereocenters. The van der Waals surface area contributed by atoms with E-state index in [1.165, 1.54) is 30.3 Å². The van der Waals surface area contributed by atoms with Crippen molar-refractivity contribution in [2.75, 3.05) is 5.73 Å². The number of anilines is 1. The third-order valence-electron chi connectivity index (χ3n) is 4.20. The minimum atomic E-state index is -1.61. The fourth-order valence-electron chi connectivity index (χ4n) is 2.88. The van der Waals surface area contributed by atoms with Crippen molar-refractivity contribution >= 4 is 29.4 Å². The first-order chi connectivity index (χ1) is 14.2. The SMILES string of the molecule is Nc1[nH]c(=O)c(C(=O)O)c(-c2cccc(OCc3ccc(F)cc3Cl)c2)c1C(=O)O. The average Bonchev–Trinajstić information content (AvgIpc) is 2.66. The van der Waals surface area contributed by atoms with Crippen LogP contribution >= 0.6 is 11.6 Å². The molecule has 10 heteroatoms. The highest BCUT2D eigenvalue weighted by molar-refractivity contribution is 6.31. The number of carbonyl (C=O) groups is 2. The third-order valence-corrected chi connectivity index (χ3v) is 4.56. The van der Waals surface area contributed by atoms with Crippen LogP contribution < -0.4 is 16.0 Å². The lowest BCUT2D eigenvalue weighted by molar-refractivity contribution is 0.0695. The van der Waals surface area contributed by atoms with E-state index in [0.717, 1.165) is 6.07 Å². The summed E-state index contributed by atoms with van der Waals surface area (Å²) >= 11 is 5.97. The number of benzene rings is 2. The summed E-state index contributed by atoms with van der Waals surface area (Å²) < 4.78 is 18.8. The highest BCUT2D eigenvalue weighted by atomic mass is 35.5. The smallest absolute Gasteiger partial charge is 0.342 e. The lowest BCUT2D eigenvalue weighted by Crippen LogP contribution is -2.24. The summed E-state index contributed by atoms with van der Waals surface area (Å²) in [6, 6.07) is 9.62. The molecule has 0 amide bonds. The van der Waals surface area contributed by atoms with Gasteiger partial charge in [0.25, 0.3) is 5.56 Å². The molecule has 154 valence electrons. The van der Waals surface area contributed by atoms with Gasteiger partial charge >= 0.3 is 11.9 Å². The van der Waals surface area contributed by atoms with Crippen molar-refractivity contribution in [3.8, 4) is 16.9 Å². The number of hydrogen-bond donors (Lipinski definition) is 4. The number of aromatic carboxylic acids is 2. The molecule has 0 radical (unpaired) electrons. The van der Waals surface area contributed by atoms with Gasteiger partial charge < -0.3 is 25.7 Å². The summed E-state index contributed by atoms with van der Waals surface area (Å²) in [5.41, 5.74) is 3.53. The molecule has 0 unspecified atom stereocenters. The first kappa shape index (κ1) is 20.9. The molecule has 3 rings (SSSR count). The van der Waals surface area contributed by atoms with Gasteiger partial charge in [0.2, 0.25) is 0 Å². The first-order valence-electron chi connectivity index (χ1n) is 8.38. The number of nitrogens with two attached hydrogens (primary N) is 1. The van der Waals surface area contributed by atoms with Crippen molar-refractivity contribution in [1.29, 1.82) is 0 Å². The molecular formula is C20H14ClFN2O6. The van der Waals surface area contributed by atoms with Crippen LogP contribution in [0.25, 0.3) is 11.1 Å². The van der Waals surface area contributed by atoms with Crippen molar-refractivity contribution in [2.45, 2.75) is 6.61 Å². The van der Waals surface area contributed by atoms with Crippen LogP contribution in [0, 0.1) is 5.82 Å². The summed E-state index contributed by atoms with van der Waals surface area (Å²) in [6.45, 7) is -0.0301. The van der Waals surface area contributed by atoms with Gasteiger partial charge in [0.05, 0.1) is 5.02 Å². The van der Waals surface area contributed by atoms with Crippen molar-refractivity contribution in [1.82, 2.24) is 4.98 Å². The fourth-order valence-corrected chi connectivity index (χ4v) is 3.10. The van der Waals surface area contributed by atoms with E-state index < -0.39 is 40.3 Å². The van der Waals surface area contributed by atoms with Crippen molar-refractivity contribution in [3.05, 3.63) is 80.3 Å². The fraction of sp³-hybridized carbons (Fsp3) is 0.0500. The van der Waals surface area contributed by atoms with Crippen molar-refractivity contribution in [3.63, 3.8) is 0 Å². The molecule has 0 saturated heterocycles. The number of halogens is 2. The molecule has 0 fully saturated rings. The minimum Gasteiger partial charge on any atom is -0.489 e. The minimum absolute atomic E-state index is 0.0301. The molecule has 0 saturated carbocycles. The molecule has 0 aliphatic rings. The summed E-state index contributed by atoms with van der Waals surface area (Å²) in [6.07, 6.45) is 0. The number of carboxylic acids is 2. The summed E-state index contributed by atoms with van der Waals surface area (Å²) in [5.74, 6) is -3.86. The Morgan fingerprint density at radius 2 is 1.80 bits per heavy atom. The normalized spacial score (nSPS) is 10.6. The van der Waals surface area contributed by atoms with Gasteiger partial charge in [-0.25, -0.2) is 14.0 Å². The van der Waals surface area contributed by atoms with Crippen molar-refractivity contribution in [2.24, 2.45) is 0 Å². The van der Waals surface area contributed by atoms with Crippen LogP contribution in [0.2, 0.25) is 5.02 Å². The van der Waals surface area contributed by atoms with Crippen LogP contribution in [0.5, 0.6) is 5.75 Å². The Bertz CT molecular complexity index is 1220.